The highest BCUT2D eigenvalue weighted by Gasteiger charge is 2.48. The topological polar surface area (TPSA) is 131 Å². The highest BCUT2D eigenvalue weighted by Crippen LogP contribution is 2.43. The van der Waals surface area contributed by atoms with Gasteiger partial charge >= 0.3 is 11.9 Å². The Labute approximate surface area is 343 Å². The zero-order valence-corrected chi connectivity index (χ0v) is 32.5. The Balaban J connectivity index is 1.33. The number of aliphatic hydroxyl groups is 1. The molecular weight excluding hydrogens is 745 g/mol. The van der Waals surface area contributed by atoms with Gasteiger partial charge in [-0.15, -0.1) is 0 Å². The molecule has 10 heteroatoms. The van der Waals surface area contributed by atoms with Crippen molar-refractivity contribution in [2.24, 2.45) is 0 Å². The minimum absolute atomic E-state index is 0.0774. The minimum Gasteiger partial charge on any atom is -0.493 e. The van der Waals surface area contributed by atoms with Crippen LogP contribution in [0.15, 0.2) is 158 Å². The van der Waals surface area contributed by atoms with Crippen LogP contribution in [0.2, 0.25) is 0 Å². The van der Waals surface area contributed by atoms with Crippen LogP contribution in [0, 0.1) is 0 Å². The summed E-state index contributed by atoms with van der Waals surface area (Å²) in [5.41, 5.74) is 5.48. The SMILES string of the molecule is CCOC(=O)C[C@H]1[C@H](OC(=O)c2ccc(-c3ccccc3)cc2)[C@@H](NC(=O)c2ccc(-c3ccccc3)cc2)c2cc(OCCCO)ccc2N1C(=O)c1ccccc1. The van der Waals surface area contributed by atoms with Crippen LogP contribution in [0.25, 0.3) is 22.3 Å². The molecule has 7 rings (SSSR count). The van der Waals surface area contributed by atoms with Crippen LogP contribution in [0.1, 0.15) is 62.4 Å². The Bertz CT molecular complexity index is 2370. The molecule has 10 nitrogen and oxygen atoms in total. The van der Waals surface area contributed by atoms with Crippen LogP contribution < -0.4 is 15.0 Å². The molecule has 1 heterocycles. The van der Waals surface area contributed by atoms with E-state index >= 15 is 0 Å². The fourth-order valence-electron chi connectivity index (χ4n) is 7.24. The molecule has 1 aliphatic rings. The van der Waals surface area contributed by atoms with Gasteiger partial charge in [0.2, 0.25) is 0 Å². The molecule has 0 bridgehead atoms. The molecule has 0 unspecified atom stereocenters. The van der Waals surface area contributed by atoms with E-state index in [2.05, 4.69) is 5.32 Å². The average Bonchev–Trinajstić information content (AvgIpc) is 3.28. The van der Waals surface area contributed by atoms with E-state index in [9.17, 15) is 24.3 Å². The zero-order chi connectivity index (χ0) is 41.1. The fraction of sp³-hybridized carbons (Fsp3) is 0.184. The number of fused-ring (bicyclic) bond motifs is 1. The molecule has 0 aliphatic carbocycles. The van der Waals surface area contributed by atoms with Gasteiger partial charge in [0.05, 0.1) is 43.0 Å². The third-order valence-corrected chi connectivity index (χ3v) is 10.1. The summed E-state index contributed by atoms with van der Waals surface area (Å²) < 4.78 is 17.8. The van der Waals surface area contributed by atoms with Crippen molar-refractivity contribution in [2.75, 3.05) is 24.7 Å². The van der Waals surface area contributed by atoms with E-state index in [4.69, 9.17) is 14.2 Å². The predicted molar refractivity (Wildman–Crippen MR) is 225 cm³/mol. The number of nitrogens with one attached hydrogen (secondary N) is 1. The van der Waals surface area contributed by atoms with Crippen molar-refractivity contribution in [1.82, 2.24) is 5.32 Å². The normalized spacial score (nSPS) is 15.7. The lowest BCUT2D eigenvalue weighted by atomic mass is 9.85. The molecule has 0 fully saturated rings. The summed E-state index contributed by atoms with van der Waals surface area (Å²) in [5.74, 6) is -1.87. The van der Waals surface area contributed by atoms with Gasteiger partial charge < -0.3 is 29.5 Å². The van der Waals surface area contributed by atoms with E-state index in [-0.39, 0.29) is 31.8 Å². The van der Waals surface area contributed by atoms with Crippen molar-refractivity contribution in [3.8, 4) is 28.0 Å². The van der Waals surface area contributed by atoms with E-state index in [0.29, 0.717) is 34.5 Å². The van der Waals surface area contributed by atoms with Crippen molar-refractivity contribution >= 4 is 29.4 Å². The molecule has 1 aliphatic heterocycles. The summed E-state index contributed by atoms with van der Waals surface area (Å²) in [7, 11) is 0. The molecule has 2 N–H and O–H groups in total. The van der Waals surface area contributed by atoms with Gasteiger partial charge in [0, 0.05) is 29.7 Å². The van der Waals surface area contributed by atoms with Gasteiger partial charge in [0.15, 0.2) is 0 Å². The first-order chi connectivity index (χ1) is 28.8. The Hall–Kier alpha value is -7.04. The maximum atomic E-state index is 14.7. The summed E-state index contributed by atoms with van der Waals surface area (Å²) in [6.07, 6.45) is -1.29. The molecule has 59 heavy (non-hydrogen) atoms. The lowest BCUT2D eigenvalue weighted by Crippen LogP contribution is -2.58. The first-order valence-electron chi connectivity index (χ1n) is 19.6. The van der Waals surface area contributed by atoms with Gasteiger partial charge in [-0.1, -0.05) is 103 Å². The number of esters is 2. The Kier molecular flexibility index (Phi) is 12.9. The standard InChI is InChI=1S/C49H44N2O8/c1-2-57-44(53)32-43-46(59-49(56)39-25-21-36(22-26-39)34-15-8-4-9-16-34)45(50-47(54)37-23-19-35(20-24-37)33-13-6-3-7-14-33)41-31-40(58-30-12-29-52)27-28-42(41)51(43)48(55)38-17-10-5-11-18-38/h3-11,13-28,31,43,45-46,52H,2,12,29-30,32H2,1H3,(H,50,54)/t43-,45-,46-/m0/s1. The monoisotopic (exact) mass is 788 g/mol. The number of hydrogen-bond donors (Lipinski definition) is 2. The quantitative estimate of drug-likeness (QED) is 0.0831. The number of anilines is 1. The number of ether oxygens (including phenoxy) is 3. The molecule has 3 atom stereocenters. The van der Waals surface area contributed by atoms with Gasteiger partial charge in [-0.3, -0.25) is 14.4 Å². The summed E-state index contributed by atoms with van der Waals surface area (Å²) in [6.45, 7) is 1.89. The van der Waals surface area contributed by atoms with Crippen molar-refractivity contribution < 1.29 is 38.5 Å². The highest BCUT2D eigenvalue weighted by atomic mass is 16.5. The van der Waals surface area contributed by atoms with Gasteiger partial charge in [-0.25, -0.2) is 4.79 Å². The summed E-state index contributed by atoms with van der Waals surface area (Å²) in [4.78, 5) is 58.2. The maximum absolute atomic E-state index is 14.7. The molecule has 0 spiro atoms. The smallest absolute Gasteiger partial charge is 0.338 e. The van der Waals surface area contributed by atoms with Gasteiger partial charge in [-0.05, 0) is 83.8 Å². The molecule has 0 aromatic heterocycles. The number of aliphatic hydroxyl groups excluding tert-OH is 1. The van der Waals surface area contributed by atoms with Crippen LogP contribution in [0.3, 0.4) is 0 Å². The Morgan fingerprint density at radius 1 is 0.661 bits per heavy atom. The largest absolute Gasteiger partial charge is 0.493 e. The summed E-state index contributed by atoms with van der Waals surface area (Å²) in [6, 6.07) is 45.0. The second-order valence-electron chi connectivity index (χ2n) is 14.0. The number of carbonyl (C=O) groups excluding carboxylic acids is 4. The number of hydrogen-bond acceptors (Lipinski definition) is 8. The summed E-state index contributed by atoms with van der Waals surface area (Å²) in [5, 5.41) is 12.6. The maximum Gasteiger partial charge on any atom is 0.338 e. The molecule has 2 amide bonds. The second kappa shape index (κ2) is 18.9. The molecule has 0 radical (unpaired) electrons. The van der Waals surface area contributed by atoms with Crippen LogP contribution >= 0.6 is 0 Å². The van der Waals surface area contributed by atoms with E-state index in [0.717, 1.165) is 22.3 Å². The van der Waals surface area contributed by atoms with Crippen LogP contribution in [0.5, 0.6) is 5.75 Å². The fourth-order valence-corrected chi connectivity index (χ4v) is 7.24. The van der Waals surface area contributed by atoms with Gasteiger partial charge in [0.25, 0.3) is 11.8 Å². The zero-order valence-electron chi connectivity index (χ0n) is 32.5. The van der Waals surface area contributed by atoms with E-state index in [1.54, 1.807) is 79.7 Å². The van der Waals surface area contributed by atoms with Crippen LogP contribution in [-0.2, 0) is 14.3 Å². The first-order valence-corrected chi connectivity index (χ1v) is 19.6. The third kappa shape index (κ3) is 9.41. The van der Waals surface area contributed by atoms with Gasteiger partial charge in [0.1, 0.15) is 11.9 Å². The molecule has 6 aromatic rings. The number of amides is 2. The average molecular weight is 789 g/mol. The molecule has 298 valence electrons. The lowest BCUT2D eigenvalue weighted by molar-refractivity contribution is -0.144. The lowest BCUT2D eigenvalue weighted by Gasteiger charge is -2.45. The predicted octanol–water partition coefficient (Wildman–Crippen LogP) is 8.46. The van der Waals surface area contributed by atoms with Crippen molar-refractivity contribution in [1.29, 1.82) is 0 Å². The number of carbonyl (C=O) groups is 4. The van der Waals surface area contributed by atoms with Crippen LogP contribution in [-0.4, -0.2) is 60.8 Å². The highest BCUT2D eigenvalue weighted by molar-refractivity contribution is 6.08. The van der Waals surface area contributed by atoms with Crippen molar-refractivity contribution in [3.63, 3.8) is 0 Å². The third-order valence-electron chi connectivity index (χ3n) is 10.1. The Morgan fingerprint density at radius 3 is 1.80 bits per heavy atom. The van der Waals surface area contributed by atoms with Crippen molar-refractivity contribution in [3.05, 3.63) is 180 Å². The molecular formula is C49H44N2O8. The van der Waals surface area contributed by atoms with Gasteiger partial charge in [-0.2, -0.15) is 0 Å². The summed E-state index contributed by atoms with van der Waals surface area (Å²) >= 11 is 0. The number of nitrogens with zero attached hydrogens (tertiary/aromatic N) is 1. The molecule has 0 saturated carbocycles. The van der Waals surface area contributed by atoms with E-state index in [1.807, 2.05) is 84.9 Å². The Morgan fingerprint density at radius 2 is 1.22 bits per heavy atom. The minimum atomic E-state index is -1.30. The van der Waals surface area contributed by atoms with E-state index < -0.39 is 41.9 Å². The van der Waals surface area contributed by atoms with Crippen molar-refractivity contribution in [2.45, 2.75) is 38.0 Å². The molecule has 6 aromatic carbocycles. The van der Waals surface area contributed by atoms with E-state index in [1.165, 1.54) is 4.90 Å². The number of benzene rings is 6. The second-order valence-corrected chi connectivity index (χ2v) is 14.0. The first kappa shape index (κ1) is 40.2. The molecule has 0 saturated heterocycles. The number of rotatable bonds is 14. The van der Waals surface area contributed by atoms with Crippen LogP contribution in [0.4, 0.5) is 5.69 Å².